The summed E-state index contributed by atoms with van der Waals surface area (Å²) in [7, 11) is 0. The van der Waals surface area contributed by atoms with E-state index in [0.29, 0.717) is 29.2 Å². The average molecular weight is 281 g/mol. The topological polar surface area (TPSA) is 84.6 Å². The fourth-order valence-corrected chi connectivity index (χ4v) is 2.74. The van der Waals surface area contributed by atoms with Gasteiger partial charge in [0.15, 0.2) is 6.04 Å². The van der Waals surface area contributed by atoms with Crippen LogP contribution in [0, 0.1) is 11.3 Å². The van der Waals surface area contributed by atoms with Crippen molar-refractivity contribution in [3.8, 4) is 6.07 Å². The number of aliphatic hydroxyl groups is 1. The van der Waals surface area contributed by atoms with Crippen LogP contribution in [0.1, 0.15) is 18.1 Å². The highest BCUT2D eigenvalue weighted by Crippen LogP contribution is 2.37. The Labute approximate surface area is 115 Å². The molecule has 0 saturated heterocycles. The molecule has 0 radical (unpaired) electrons. The van der Waals surface area contributed by atoms with Crippen LogP contribution in [-0.4, -0.2) is 34.9 Å². The smallest absolute Gasteiger partial charge is 0.329 e. The second kappa shape index (κ2) is 5.08. The van der Waals surface area contributed by atoms with Crippen LogP contribution in [0.5, 0.6) is 0 Å². The maximum absolute atomic E-state index is 11.3. The molecule has 2 atom stereocenters. The van der Waals surface area contributed by atoms with Gasteiger partial charge in [-0.1, -0.05) is 11.6 Å². The molecular weight excluding hydrogens is 268 g/mol. The van der Waals surface area contributed by atoms with E-state index in [9.17, 15) is 15.0 Å². The van der Waals surface area contributed by atoms with Crippen molar-refractivity contribution >= 4 is 23.3 Å². The van der Waals surface area contributed by atoms with Gasteiger partial charge in [-0.15, -0.1) is 0 Å². The lowest BCUT2D eigenvalue weighted by Crippen LogP contribution is -2.47. The van der Waals surface area contributed by atoms with Crippen LogP contribution in [0.15, 0.2) is 12.1 Å². The quantitative estimate of drug-likeness (QED) is 0.874. The summed E-state index contributed by atoms with van der Waals surface area (Å²) in [6, 6.07) is 4.24. The second-order valence-electron chi connectivity index (χ2n) is 4.50. The molecule has 1 aromatic carbocycles. The van der Waals surface area contributed by atoms with Crippen molar-refractivity contribution in [3.63, 3.8) is 0 Å². The normalized spacial score (nSPS) is 16.6. The lowest BCUT2D eigenvalue weighted by Gasteiger charge is -2.29. The standard InChI is InChI=1S/C13H13ClN2O3/c1-7(17)12(13(18)19)16-5-4-9-10(16)3-2-8(6-15)11(9)14/h2-3,7,12,17H,4-5H2,1H3,(H,18,19). The number of hydrogen-bond acceptors (Lipinski definition) is 4. The monoisotopic (exact) mass is 280 g/mol. The maximum atomic E-state index is 11.3. The van der Waals surface area contributed by atoms with Crippen molar-refractivity contribution in [1.82, 2.24) is 0 Å². The third-order valence-electron chi connectivity index (χ3n) is 3.30. The molecule has 6 heteroatoms. The molecule has 2 N–H and O–H groups in total. The van der Waals surface area contributed by atoms with E-state index in [1.807, 2.05) is 6.07 Å². The Hall–Kier alpha value is -1.77. The highest BCUT2D eigenvalue weighted by molar-refractivity contribution is 6.33. The minimum absolute atomic E-state index is 0.372. The largest absolute Gasteiger partial charge is 0.480 e. The summed E-state index contributed by atoms with van der Waals surface area (Å²) in [6.07, 6.45) is -0.432. The van der Waals surface area contributed by atoms with E-state index in [2.05, 4.69) is 0 Å². The number of carboxylic acid groups (broad SMARTS) is 1. The number of anilines is 1. The Morgan fingerprint density at radius 1 is 1.58 bits per heavy atom. The van der Waals surface area contributed by atoms with Crippen LogP contribution in [0.25, 0.3) is 0 Å². The van der Waals surface area contributed by atoms with Crippen molar-refractivity contribution in [3.05, 3.63) is 28.3 Å². The molecule has 1 aliphatic heterocycles. The Morgan fingerprint density at radius 3 is 2.79 bits per heavy atom. The van der Waals surface area contributed by atoms with Crippen LogP contribution in [0.3, 0.4) is 0 Å². The summed E-state index contributed by atoms with van der Waals surface area (Å²) in [5.74, 6) is -1.08. The number of nitriles is 1. The Morgan fingerprint density at radius 2 is 2.26 bits per heavy atom. The molecule has 5 nitrogen and oxygen atoms in total. The first kappa shape index (κ1) is 13.7. The lowest BCUT2D eigenvalue weighted by molar-refractivity contribution is -0.141. The van der Waals surface area contributed by atoms with Crippen molar-refractivity contribution in [2.24, 2.45) is 0 Å². The number of hydrogen-bond donors (Lipinski definition) is 2. The van der Waals surface area contributed by atoms with Crippen molar-refractivity contribution < 1.29 is 15.0 Å². The van der Waals surface area contributed by atoms with E-state index >= 15 is 0 Å². The number of halogens is 1. The number of aliphatic hydroxyl groups excluding tert-OH is 1. The van der Waals surface area contributed by atoms with E-state index < -0.39 is 18.1 Å². The van der Waals surface area contributed by atoms with Gasteiger partial charge in [0, 0.05) is 12.2 Å². The number of nitrogens with zero attached hydrogens (tertiary/aromatic N) is 2. The van der Waals surface area contributed by atoms with Gasteiger partial charge in [0.2, 0.25) is 0 Å². The molecule has 0 fully saturated rings. The number of carboxylic acids is 1. The van der Waals surface area contributed by atoms with E-state index in [1.165, 1.54) is 6.92 Å². The molecule has 0 saturated carbocycles. The minimum atomic E-state index is -1.08. The predicted octanol–water partition coefficient (Wildman–Crippen LogP) is 1.41. The van der Waals surface area contributed by atoms with Gasteiger partial charge < -0.3 is 15.1 Å². The fraction of sp³-hybridized carbons (Fsp3) is 0.385. The summed E-state index contributed by atoms with van der Waals surface area (Å²) >= 11 is 6.12. The van der Waals surface area contributed by atoms with Gasteiger partial charge in [0.25, 0.3) is 0 Å². The molecule has 2 unspecified atom stereocenters. The molecule has 0 aromatic heterocycles. The van der Waals surface area contributed by atoms with Crippen molar-refractivity contribution in [2.45, 2.75) is 25.5 Å². The summed E-state index contributed by atoms with van der Waals surface area (Å²) in [5.41, 5.74) is 1.83. The molecule has 100 valence electrons. The zero-order chi connectivity index (χ0) is 14.2. The molecule has 19 heavy (non-hydrogen) atoms. The number of rotatable bonds is 3. The molecule has 1 aromatic rings. The van der Waals surface area contributed by atoms with Crippen LogP contribution in [-0.2, 0) is 11.2 Å². The molecule has 2 rings (SSSR count). The van der Waals surface area contributed by atoms with Gasteiger partial charge in [-0.25, -0.2) is 4.79 Å². The lowest BCUT2D eigenvalue weighted by atomic mass is 10.1. The summed E-state index contributed by atoms with van der Waals surface area (Å²) in [5, 5.41) is 28.1. The Kier molecular flexibility index (Phi) is 3.65. The number of fused-ring (bicyclic) bond motifs is 1. The first-order chi connectivity index (χ1) is 8.97. The average Bonchev–Trinajstić information content (AvgIpc) is 2.74. The van der Waals surface area contributed by atoms with Crippen LogP contribution < -0.4 is 4.90 Å². The van der Waals surface area contributed by atoms with Crippen LogP contribution >= 0.6 is 11.6 Å². The molecule has 1 aliphatic rings. The Balaban J connectivity index is 2.46. The van der Waals surface area contributed by atoms with Crippen molar-refractivity contribution in [2.75, 3.05) is 11.4 Å². The first-order valence-electron chi connectivity index (χ1n) is 5.86. The van der Waals surface area contributed by atoms with Crippen molar-refractivity contribution in [1.29, 1.82) is 5.26 Å². The second-order valence-corrected chi connectivity index (χ2v) is 4.88. The van der Waals surface area contributed by atoms with Gasteiger partial charge in [-0.05, 0) is 31.0 Å². The summed E-state index contributed by atoms with van der Waals surface area (Å²) < 4.78 is 0. The maximum Gasteiger partial charge on any atom is 0.329 e. The van der Waals surface area contributed by atoms with Crippen LogP contribution in [0.4, 0.5) is 5.69 Å². The zero-order valence-corrected chi connectivity index (χ0v) is 11.1. The number of aliphatic carboxylic acids is 1. The molecule has 0 aliphatic carbocycles. The van der Waals surface area contributed by atoms with E-state index in [-0.39, 0.29) is 0 Å². The summed E-state index contributed by atoms with van der Waals surface area (Å²) in [4.78, 5) is 12.9. The molecule has 0 amide bonds. The Bertz CT molecular complexity index is 566. The van der Waals surface area contributed by atoms with E-state index in [0.717, 1.165) is 5.56 Å². The predicted molar refractivity (Wildman–Crippen MR) is 70.3 cm³/mol. The SMILES string of the molecule is CC(O)C(C(=O)O)N1CCc2c1ccc(C#N)c2Cl. The zero-order valence-electron chi connectivity index (χ0n) is 10.3. The highest BCUT2D eigenvalue weighted by Gasteiger charge is 2.35. The third-order valence-corrected chi connectivity index (χ3v) is 3.73. The number of benzene rings is 1. The third kappa shape index (κ3) is 2.25. The fourth-order valence-electron chi connectivity index (χ4n) is 2.45. The van der Waals surface area contributed by atoms with E-state index in [1.54, 1.807) is 17.0 Å². The van der Waals surface area contributed by atoms with E-state index in [4.69, 9.17) is 16.9 Å². The van der Waals surface area contributed by atoms with Gasteiger partial charge in [0.1, 0.15) is 6.07 Å². The minimum Gasteiger partial charge on any atom is -0.480 e. The van der Waals surface area contributed by atoms with Gasteiger partial charge in [-0.2, -0.15) is 5.26 Å². The molecular formula is C13H13ClN2O3. The highest BCUT2D eigenvalue weighted by atomic mass is 35.5. The molecule has 1 heterocycles. The first-order valence-corrected chi connectivity index (χ1v) is 6.24. The summed E-state index contributed by atoms with van der Waals surface area (Å²) in [6.45, 7) is 1.91. The van der Waals surface area contributed by atoms with Crippen LogP contribution in [0.2, 0.25) is 5.02 Å². The molecule has 0 spiro atoms. The molecule has 0 bridgehead atoms. The van der Waals surface area contributed by atoms with Gasteiger partial charge >= 0.3 is 5.97 Å². The number of carbonyl (C=O) groups is 1. The van der Waals surface area contributed by atoms with Gasteiger partial charge in [0.05, 0.1) is 16.7 Å². The van der Waals surface area contributed by atoms with Gasteiger partial charge in [-0.3, -0.25) is 0 Å².